The van der Waals surface area contributed by atoms with E-state index in [0.717, 1.165) is 30.8 Å². The summed E-state index contributed by atoms with van der Waals surface area (Å²) in [5.41, 5.74) is 2.76. The first-order chi connectivity index (χ1) is 10.2. The highest BCUT2D eigenvalue weighted by Crippen LogP contribution is 2.26. The molecule has 3 nitrogen and oxygen atoms in total. The molecule has 0 spiro atoms. The highest BCUT2D eigenvalue weighted by molar-refractivity contribution is 5.12. The quantitative estimate of drug-likeness (QED) is 0.827. The van der Waals surface area contributed by atoms with Crippen molar-refractivity contribution in [2.24, 2.45) is 10.8 Å². The number of aromatic nitrogens is 3. The highest BCUT2D eigenvalue weighted by Gasteiger charge is 2.21. The fourth-order valence-electron chi connectivity index (χ4n) is 2.71. The lowest BCUT2D eigenvalue weighted by Crippen LogP contribution is -2.21. The lowest BCUT2D eigenvalue weighted by Gasteiger charge is -2.24. The van der Waals surface area contributed by atoms with Crippen LogP contribution < -0.4 is 0 Å². The standard InChI is InChI=1S/C19H27N3/c1-18(2,3)12-16-8-10-21-17(22-16)13-19(4,5)11-15-7-6-9-20-14-15/h6-10,14H,11-13H2,1-5H3. The molecule has 2 aromatic heterocycles. The molecule has 2 heterocycles. The highest BCUT2D eigenvalue weighted by atomic mass is 14.9. The van der Waals surface area contributed by atoms with E-state index < -0.39 is 0 Å². The first-order valence-electron chi connectivity index (χ1n) is 7.93. The molecule has 3 heteroatoms. The number of nitrogens with zero attached hydrogens (tertiary/aromatic N) is 3. The van der Waals surface area contributed by atoms with Gasteiger partial charge in [0.25, 0.3) is 0 Å². The molecule has 0 fully saturated rings. The van der Waals surface area contributed by atoms with Crippen molar-refractivity contribution in [3.05, 3.63) is 53.9 Å². The fraction of sp³-hybridized carbons (Fsp3) is 0.526. The van der Waals surface area contributed by atoms with E-state index >= 15 is 0 Å². The van der Waals surface area contributed by atoms with Crippen LogP contribution in [0.15, 0.2) is 36.8 Å². The molecule has 0 aliphatic heterocycles. The van der Waals surface area contributed by atoms with Crippen LogP contribution in [-0.2, 0) is 19.3 Å². The second-order valence-corrected chi connectivity index (χ2v) is 8.08. The van der Waals surface area contributed by atoms with Crippen molar-refractivity contribution in [3.8, 4) is 0 Å². The van der Waals surface area contributed by atoms with E-state index in [4.69, 9.17) is 4.98 Å². The van der Waals surface area contributed by atoms with E-state index in [1.165, 1.54) is 5.56 Å². The Morgan fingerprint density at radius 3 is 2.32 bits per heavy atom. The normalized spacial score (nSPS) is 12.4. The summed E-state index contributed by atoms with van der Waals surface area (Å²) in [7, 11) is 0. The Morgan fingerprint density at radius 2 is 1.68 bits per heavy atom. The summed E-state index contributed by atoms with van der Waals surface area (Å²) in [4.78, 5) is 13.4. The van der Waals surface area contributed by atoms with Crippen molar-refractivity contribution in [3.63, 3.8) is 0 Å². The van der Waals surface area contributed by atoms with Gasteiger partial charge in [-0.15, -0.1) is 0 Å². The van der Waals surface area contributed by atoms with Gasteiger partial charge >= 0.3 is 0 Å². The van der Waals surface area contributed by atoms with Gasteiger partial charge in [0.1, 0.15) is 5.82 Å². The van der Waals surface area contributed by atoms with E-state index in [9.17, 15) is 0 Å². The number of hydrogen-bond donors (Lipinski definition) is 0. The van der Waals surface area contributed by atoms with E-state index in [2.05, 4.69) is 50.7 Å². The van der Waals surface area contributed by atoms with Crippen LogP contribution in [0.4, 0.5) is 0 Å². The minimum absolute atomic E-state index is 0.114. The molecule has 22 heavy (non-hydrogen) atoms. The van der Waals surface area contributed by atoms with Crippen LogP contribution in [0.3, 0.4) is 0 Å². The van der Waals surface area contributed by atoms with Crippen molar-refractivity contribution in [2.75, 3.05) is 0 Å². The van der Waals surface area contributed by atoms with Gasteiger partial charge < -0.3 is 0 Å². The molecule has 0 amide bonds. The van der Waals surface area contributed by atoms with Crippen LogP contribution in [0.1, 0.15) is 51.7 Å². The molecule has 0 saturated heterocycles. The molecule has 0 aromatic carbocycles. The summed E-state index contributed by atoms with van der Waals surface area (Å²) in [5.74, 6) is 0.940. The fourth-order valence-corrected chi connectivity index (χ4v) is 2.71. The Bertz CT molecular complexity index is 598. The van der Waals surface area contributed by atoms with Gasteiger partial charge in [0.15, 0.2) is 0 Å². The van der Waals surface area contributed by atoms with Gasteiger partial charge in [0.05, 0.1) is 0 Å². The van der Waals surface area contributed by atoms with E-state index in [-0.39, 0.29) is 10.8 Å². The summed E-state index contributed by atoms with van der Waals surface area (Å²) in [5, 5.41) is 0. The maximum absolute atomic E-state index is 4.76. The van der Waals surface area contributed by atoms with Gasteiger partial charge in [-0.05, 0) is 41.4 Å². The number of hydrogen-bond acceptors (Lipinski definition) is 3. The summed E-state index contributed by atoms with van der Waals surface area (Å²) >= 11 is 0. The monoisotopic (exact) mass is 297 g/mol. The molecule has 0 saturated carbocycles. The second kappa shape index (κ2) is 6.55. The van der Waals surface area contributed by atoms with Crippen molar-refractivity contribution in [2.45, 2.75) is 53.9 Å². The van der Waals surface area contributed by atoms with E-state index in [1.807, 2.05) is 30.7 Å². The van der Waals surface area contributed by atoms with Crippen LogP contribution in [0.5, 0.6) is 0 Å². The molecule has 0 N–H and O–H groups in total. The first-order valence-corrected chi connectivity index (χ1v) is 7.93. The first kappa shape index (κ1) is 16.6. The summed E-state index contributed by atoms with van der Waals surface area (Å²) < 4.78 is 0. The van der Waals surface area contributed by atoms with Gasteiger partial charge in [-0.1, -0.05) is 40.7 Å². The average Bonchev–Trinajstić information content (AvgIpc) is 2.36. The Labute approximate surface area is 134 Å². The number of pyridine rings is 1. The maximum atomic E-state index is 4.76. The summed E-state index contributed by atoms with van der Waals surface area (Å²) in [6.07, 6.45) is 8.48. The minimum atomic E-state index is 0.114. The van der Waals surface area contributed by atoms with E-state index in [0.29, 0.717) is 0 Å². The van der Waals surface area contributed by atoms with Crippen molar-refractivity contribution < 1.29 is 0 Å². The van der Waals surface area contributed by atoms with Crippen molar-refractivity contribution in [1.29, 1.82) is 0 Å². The van der Waals surface area contributed by atoms with Gasteiger partial charge in [0.2, 0.25) is 0 Å². The zero-order valence-electron chi connectivity index (χ0n) is 14.4. The van der Waals surface area contributed by atoms with Crippen LogP contribution in [0.25, 0.3) is 0 Å². The Kier molecular flexibility index (Phi) is 4.94. The topological polar surface area (TPSA) is 38.7 Å². The third-order valence-electron chi connectivity index (χ3n) is 3.52. The van der Waals surface area contributed by atoms with Crippen LogP contribution in [0, 0.1) is 10.8 Å². The van der Waals surface area contributed by atoms with Gasteiger partial charge in [-0.3, -0.25) is 4.98 Å². The smallest absolute Gasteiger partial charge is 0.129 e. The van der Waals surface area contributed by atoms with Gasteiger partial charge in [0, 0.05) is 30.7 Å². The molecular formula is C19H27N3. The molecule has 0 atom stereocenters. The predicted molar refractivity (Wildman–Crippen MR) is 90.6 cm³/mol. The van der Waals surface area contributed by atoms with Crippen LogP contribution in [0.2, 0.25) is 0 Å². The summed E-state index contributed by atoms with van der Waals surface area (Å²) in [6.45, 7) is 11.2. The molecule has 0 unspecified atom stereocenters. The Balaban J connectivity index is 2.07. The third-order valence-corrected chi connectivity index (χ3v) is 3.52. The summed E-state index contributed by atoms with van der Waals surface area (Å²) in [6, 6.07) is 6.15. The molecule has 0 aliphatic rings. The predicted octanol–water partition coefficient (Wildman–Crippen LogP) is 4.27. The molecule has 0 radical (unpaired) electrons. The molecular weight excluding hydrogens is 270 g/mol. The Morgan fingerprint density at radius 1 is 0.909 bits per heavy atom. The van der Waals surface area contributed by atoms with E-state index in [1.54, 1.807) is 0 Å². The van der Waals surface area contributed by atoms with Crippen molar-refractivity contribution in [1.82, 2.24) is 15.0 Å². The minimum Gasteiger partial charge on any atom is -0.264 e. The molecule has 118 valence electrons. The average molecular weight is 297 g/mol. The van der Waals surface area contributed by atoms with Gasteiger partial charge in [-0.25, -0.2) is 9.97 Å². The maximum Gasteiger partial charge on any atom is 0.129 e. The lowest BCUT2D eigenvalue weighted by molar-refractivity contribution is 0.350. The molecule has 2 aromatic rings. The SMILES string of the molecule is CC(C)(C)Cc1ccnc(CC(C)(C)Cc2cccnc2)n1. The second-order valence-electron chi connectivity index (χ2n) is 8.08. The lowest BCUT2D eigenvalue weighted by atomic mass is 9.82. The largest absolute Gasteiger partial charge is 0.264 e. The third kappa shape index (κ3) is 5.55. The molecule has 0 aliphatic carbocycles. The zero-order chi connectivity index (χ0) is 16.2. The van der Waals surface area contributed by atoms with Crippen LogP contribution in [-0.4, -0.2) is 15.0 Å². The number of rotatable bonds is 5. The zero-order valence-corrected chi connectivity index (χ0v) is 14.4. The van der Waals surface area contributed by atoms with Crippen LogP contribution >= 0.6 is 0 Å². The Hall–Kier alpha value is -1.77. The molecule has 0 bridgehead atoms. The molecule has 2 rings (SSSR count). The van der Waals surface area contributed by atoms with Gasteiger partial charge in [-0.2, -0.15) is 0 Å². The van der Waals surface area contributed by atoms with Crippen molar-refractivity contribution >= 4 is 0 Å².